The highest BCUT2D eigenvalue weighted by Gasteiger charge is 2.55. The molecule has 3 N–H and O–H groups in total. The highest BCUT2D eigenvalue weighted by atomic mass is 32.2. The molecule has 296 valence electrons. The van der Waals surface area contributed by atoms with E-state index in [1.165, 1.54) is 46.1 Å². The van der Waals surface area contributed by atoms with Crippen molar-refractivity contribution in [2.24, 2.45) is 23.7 Å². The highest BCUT2D eigenvalue weighted by Crippen LogP contribution is 2.54. The molecule has 55 heavy (non-hydrogen) atoms. The summed E-state index contributed by atoms with van der Waals surface area (Å²) >= 11 is -2.14. The van der Waals surface area contributed by atoms with Crippen LogP contribution in [0.2, 0.25) is 0 Å². The number of halogens is 8. The van der Waals surface area contributed by atoms with Crippen molar-refractivity contribution in [1.29, 1.82) is 0 Å². The molecule has 0 spiro atoms. The molecule has 2 bridgehead atoms. The van der Waals surface area contributed by atoms with Crippen molar-refractivity contribution in [2.75, 3.05) is 12.4 Å². The maximum Gasteiger partial charge on any atom is 0.419 e. The average Bonchev–Trinajstić information content (AvgIpc) is 3.78. The van der Waals surface area contributed by atoms with Crippen LogP contribution in [-0.2, 0) is 22.3 Å². The number of ether oxygens (including phenoxy) is 1. The fraction of sp³-hybridized carbons (Fsp3) is 0.436. The molecule has 7 nitrogen and oxygen atoms in total. The molecule has 6 atom stereocenters. The minimum Gasteiger partial charge on any atom is -0.598 e. The Morgan fingerprint density at radius 1 is 0.891 bits per heavy atom. The third-order valence-corrected chi connectivity index (χ3v) is 11.8. The number of nitrogens with one attached hydrogen (secondary N) is 3. The quantitative estimate of drug-likeness (QED) is 0.108. The summed E-state index contributed by atoms with van der Waals surface area (Å²) in [4.78, 5) is 28.0. The summed E-state index contributed by atoms with van der Waals surface area (Å²) in [5.74, 6) is -4.98. The van der Waals surface area contributed by atoms with Crippen molar-refractivity contribution in [3.63, 3.8) is 0 Å². The standard InChI is InChI=1S/C39H39F8N3O4S/c1-37(2,3)55(53)50-34(39(45,46)47)21-7-12-29(40)25(17-21)20-8-14-31(54-4)27(16-20)35(51)49-33-24-11-10-23(26(24)15-19-5-6-19)32(33)36(52)48-22-9-13-30(41)28(18-22)38(42,43)44/h7-9,12-19,23-24,32-34,50H,5-6,10-11H2,1-4H3,(H,48,52)(H,49,51)/b26-15-/t23-,24+,32-,33+,34?,55?/m0/s1. The van der Waals surface area contributed by atoms with Gasteiger partial charge in [-0.15, -0.1) is 4.72 Å². The van der Waals surface area contributed by atoms with Gasteiger partial charge in [0.1, 0.15) is 22.1 Å². The number of rotatable bonds is 10. The molecule has 0 aromatic heterocycles. The van der Waals surface area contributed by atoms with E-state index in [1.54, 1.807) is 0 Å². The molecule has 3 aliphatic carbocycles. The zero-order valence-corrected chi connectivity index (χ0v) is 30.9. The van der Waals surface area contributed by atoms with Gasteiger partial charge in [0.15, 0.2) is 6.04 Å². The predicted molar refractivity (Wildman–Crippen MR) is 190 cm³/mol. The third kappa shape index (κ3) is 8.65. The molecule has 0 radical (unpaired) electrons. The number of carbonyl (C=O) groups is 2. The Morgan fingerprint density at radius 2 is 1.56 bits per heavy atom. The van der Waals surface area contributed by atoms with E-state index in [0.717, 1.165) is 42.7 Å². The van der Waals surface area contributed by atoms with Crippen molar-refractivity contribution in [1.82, 2.24) is 10.0 Å². The average molecular weight is 798 g/mol. The number of fused-ring (bicyclic) bond motifs is 2. The van der Waals surface area contributed by atoms with E-state index in [9.17, 15) is 44.9 Å². The maximum atomic E-state index is 15.4. The lowest BCUT2D eigenvalue weighted by molar-refractivity contribution is -0.153. The van der Waals surface area contributed by atoms with E-state index in [2.05, 4.69) is 21.4 Å². The number of hydrogen-bond donors (Lipinski definition) is 3. The van der Waals surface area contributed by atoms with E-state index < -0.39 is 81.0 Å². The van der Waals surface area contributed by atoms with Crippen molar-refractivity contribution in [2.45, 2.75) is 75.6 Å². The van der Waals surface area contributed by atoms with Crippen LogP contribution in [-0.4, -0.2) is 40.4 Å². The van der Waals surface area contributed by atoms with E-state index >= 15 is 4.39 Å². The van der Waals surface area contributed by atoms with Gasteiger partial charge in [-0.25, -0.2) is 8.78 Å². The lowest BCUT2D eigenvalue weighted by Crippen LogP contribution is -2.48. The Hall–Kier alpha value is -4.15. The number of anilines is 1. The number of carbonyl (C=O) groups excluding carboxylic acids is 2. The van der Waals surface area contributed by atoms with Crippen molar-refractivity contribution >= 4 is 28.9 Å². The van der Waals surface area contributed by atoms with Gasteiger partial charge in [0.05, 0.1) is 24.2 Å². The summed E-state index contributed by atoms with van der Waals surface area (Å²) < 4.78 is 132. The summed E-state index contributed by atoms with van der Waals surface area (Å²) in [5, 5.41) is 5.41. The second kappa shape index (κ2) is 15.1. The van der Waals surface area contributed by atoms with Crippen LogP contribution in [0.15, 0.2) is 66.2 Å². The normalized spacial score (nSPS) is 23.1. The number of alkyl halides is 6. The Morgan fingerprint density at radius 3 is 2.18 bits per heavy atom. The molecule has 6 rings (SSSR count). The molecule has 0 saturated heterocycles. The van der Waals surface area contributed by atoms with E-state index in [4.69, 9.17) is 4.74 Å². The molecule has 16 heteroatoms. The van der Waals surface area contributed by atoms with Crippen LogP contribution in [0.1, 0.15) is 74.0 Å². The Labute approximate surface area is 315 Å². The van der Waals surface area contributed by atoms with Crippen LogP contribution in [0.5, 0.6) is 5.75 Å². The first-order valence-corrected chi connectivity index (χ1v) is 18.7. The number of allylic oxidation sites excluding steroid dienone is 1. The molecule has 3 aliphatic rings. The third-order valence-electron chi connectivity index (χ3n) is 10.3. The Bertz CT molecular complexity index is 1990. The second-order valence-electron chi connectivity index (χ2n) is 15.1. The van der Waals surface area contributed by atoms with Gasteiger partial charge in [-0.3, -0.25) is 9.59 Å². The molecule has 0 heterocycles. The number of amides is 2. The zero-order valence-electron chi connectivity index (χ0n) is 30.1. The molecule has 0 aliphatic heterocycles. The fourth-order valence-electron chi connectivity index (χ4n) is 7.44. The van der Waals surface area contributed by atoms with Crippen LogP contribution in [0.3, 0.4) is 0 Å². The number of hydrogen-bond acceptors (Lipinski definition) is 5. The van der Waals surface area contributed by atoms with Crippen LogP contribution in [0.4, 0.5) is 40.8 Å². The minimum absolute atomic E-state index is 0.0245. The highest BCUT2D eigenvalue weighted by molar-refractivity contribution is 7.90. The lowest BCUT2D eigenvalue weighted by atomic mass is 9.83. The SMILES string of the molecule is COc1ccc(-c2cc(C(N[S+]([O-])C(C)(C)C)C(F)(F)F)ccc2F)cc1C(=O)N[C@H]1[C@@H](C(=O)Nc2ccc(F)c(C(F)(F)F)c2)[C@H]2CC[C@@H]1/C2=C\C1CC1. The van der Waals surface area contributed by atoms with E-state index in [1.807, 2.05) is 0 Å². The van der Waals surface area contributed by atoms with E-state index in [0.29, 0.717) is 30.9 Å². The van der Waals surface area contributed by atoms with Crippen LogP contribution in [0, 0.1) is 35.3 Å². The van der Waals surface area contributed by atoms with Gasteiger partial charge >= 0.3 is 12.4 Å². The molecule has 3 aromatic rings. The molecule has 3 fully saturated rings. The molecular formula is C39H39F8N3O4S. The fourth-order valence-corrected chi connectivity index (χ4v) is 8.28. The second-order valence-corrected chi connectivity index (χ2v) is 17.1. The first kappa shape index (κ1) is 40.5. The summed E-state index contributed by atoms with van der Waals surface area (Å²) in [6.07, 6.45) is -4.67. The summed E-state index contributed by atoms with van der Waals surface area (Å²) in [5.41, 5.74) is -1.64. The largest absolute Gasteiger partial charge is 0.598 e. The van der Waals surface area contributed by atoms with Crippen LogP contribution in [0.25, 0.3) is 11.1 Å². The van der Waals surface area contributed by atoms with Gasteiger partial charge in [0.25, 0.3) is 5.91 Å². The van der Waals surface area contributed by atoms with Gasteiger partial charge in [0, 0.05) is 34.6 Å². The molecular weight excluding hydrogens is 758 g/mol. The van der Waals surface area contributed by atoms with E-state index in [-0.39, 0.29) is 40.0 Å². The van der Waals surface area contributed by atoms with Gasteiger partial charge in [-0.1, -0.05) is 23.8 Å². The first-order chi connectivity index (χ1) is 25.7. The molecule has 2 amide bonds. The molecule has 3 aromatic carbocycles. The van der Waals surface area contributed by atoms with Gasteiger partial charge in [-0.05, 0) is 112 Å². The van der Waals surface area contributed by atoms with Crippen molar-refractivity contribution in [3.05, 3.63) is 94.6 Å². The van der Waals surface area contributed by atoms with Gasteiger partial charge in [0.2, 0.25) is 5.91 Å². The molecule has 2 unspecified atom stereocenters. The predicted octanol–water partition coefficient (Wildman–Crippen LogP) is 9.04. The van der Waals surface area contributed by atoms with Crippen molar-refractivity contribution in [3.8, 4) is 16.9 Å². The summed E-state index contributed by atoms with van der Waals surface area (Å²) in [6, 6.07) is 5.61. The van der Waals surface area contributed by atoms with Gasteiger partial charge in [-0.2, -0.15) is 26.3 Å². The number of methoxy groups -OCH3 is 1. The lowest BCUT2D eigenvalue weighted by Gasteiger charge is -2.30. The van der Waals surface area contributed by atoms with Gasteiger partial charge < -0.3 is 19.9 Å². The smallest absolute Gasteiger partial charge is 0.419 e. The monoisotopic (exact) mass is 797 g/mol. The first-order valence-electron chi connectivity index (χ1n) is 17.6. The van der Waals surface area contributed by atoms with Crippen LogP contribution >= 0.6 is 0 Å². The minimum atomic E-state index is -5.00. The van der Waals surface area contributed by atoms with Crippen LogP contribution < -0.4 is 20.1 Å². The number of benzene rings is 3. The van der Waals surface area contributed by atoms with Crippen molar-refractivity contribution < 1.29 is 54.0 Å². The maximum absolute atomic E-state index is 15.4. The summed E-state index contributed by atoms with van der Waals surface area (Å²) in [7, 11) is 1.28. The Kier molecular flexibility index (Phi) is 11.1. The zero-order chi connectivity index (χ0) is 40.2. The Balaban J connectivity index is 1.32. The molecule has 3 saturated carbocycles. The topological polar surface area (TPSA) is 103 Å². The summed E-state index contributed by atoms with van der Waals surface area (Å²) in [6.45, 7) is 4.49.